The van der Waals surface area contributed by atoms with E-state index in [1.54, 1.807) is 12.1 Å². The number of benzene rings is 1. The fourth-order valence-electron chi connectivity index (χ4n) is 2.16. The number of hydrogen-bond acceptors (Lipinski definition) is 3. The van der Waals surface area contributed by atoms with Crippen molar-refractivity contribution >= 4 is 5.97 Å². The van der Waals surface area contributed by atoms with Crippen molar-refractivity contribution in [2.45, 2.75) is 38.7 Å². The summed E-state index contributed by atoms with van der Waals surface area (Å²) in [7, 11) is 0. The van der Waals surface area contributed by atoms with Gasteiger partial charge in [0.15, 0.2) is 0 Å². The highest BCUT2D eigenvalue weighted by molar-refractivity contribution is 5.89. The van der Waals surface area contributed by atoms with E-state index >= 15 is 0 Å². The standard InChI is InChI=1S/C14H18O3/c1-10-2-8-13(9-3-10)17-14(16)11-4-6-12(15)7-5-11/h4-7,10,13,15H,2-3,8-9H2,1H3. The molecule has 0 amide bonds. The van der Waals surface area contributed by atoms with Gasteiger partial charge in [-0.05, 0) is 55.9 Å². The summed E-state index contributed by atoms with van der Waals surface area (Å²) in [5.74, 6) is 0.621. The number of phenolic OH excluding ortho intramolecular Hbond substituents is 1. The third kappa shape index (κ3) is 3.22. The van der Waals surface area contributed by atoms with Crippen LogP contribution in [0.3, 0.4) is 0 Å². The number of hydrogen-bond donors (Lipinski definition) is 1. The third-order valence-electron chi connectivity index (χ3n) is 3.34. The van der Waals surface area contributed by atoms with Gasteiger partial charge in [0.2, 0.25) is 0 Å². The second-order valence-corrected chi connectivity index (χ2v) is 4.83. The van der Waals surface area contributed by atoms with Crippen LogP contribution in [0, 0.1) is 5.92 Å². The quantitative estimate of drug-likeness (QED) is 0.800. The van der Waals surface area contributed by atoms with Gasteiger partial charge in [0.25, 0.3) is 0 Å². The molecule has 3 heteroatoms. The average molecular weight is 234 g/mol. The van der Waals surface area contributed by atoms with Crippen LogP contribution in [0.15, 0.2) is 24.3 Å². The van der Waals surface area contributed by atoms with E-state index in [0.717, 1.165) is 31.6 Å². The molecule has 1 aliphatic rings. The van der Waals surface area contributed by atoms with Crippen molar-refractivity contribution in [1.29, 1.82) is 0 Å². The molecule has 1 saturated carbocycles. The summed E-state index contributed by atoms with van der Waals surface area (Å²) in [4.78, 5) is 11.8. The van der Waals surface area contributed by atoms with Gasteiger partial charge in [-0.3, -0.25) is 0 Å². The second kappa shape index (κ2) is 5.21. The number of aromatic hydroxyl groups is 1. The average Bonchev–Trinajstić information content (AvgIpc) is 2.33. The molecule has 0 spiro atoms. The summed E-state index contributed by atoms with van der Waals surface area (Å²) < 4.78 is 5.44. The predicted octanol–water partition coefficient (Wildman–Crippen LogP) is 3.13. The van der Waals surface area contributed by atoms with Gasteiger partial charge in [0.05, 0.1) is 5.56 Å². The van der Waals surface area contributed by atoms with Crippen LogP contribution < -0.4 is 0 Å². The Bertz CT molecular complexity index is 375. The van der Waals surface area contributed by atoms with E-state index in [2.05, 4.69) is 6.92 Å². The van der Waals surface area contributed by atoms with Gasteiger partial charge < -0.3 is 9.84 Å². The van der Waals surface area contributed by atoms with Crippen LogP contribution in [0.25, 0.3) is 0 Å². The molecule has 1 N–H and O–H groups in total. The summed E-state index contributed by atoms with van der Waals surface area (Å²) in [6.45, 7) is 2.23. The number of ether oxygens (including phenoxy) is 1. The van der Waals surface area contributed by atoms with Crippen molar-refractivity contribution < 1.29 is 14.6 Å². The molecule has 0 saturated heterocycles. The Balaban J connectivity index is 1.91. The first-order valence-electron chi connectivity index (χ1n) is 6.15. The van der Waals surface area contributed by atoms with Gasteiger partial charge in [-0.2, -0.15) is 0 Å². The van der Waals surface area contributed by atoms with Crippen LogP contribution in [0.1, 0.15) is 43.0 Å². The fourth-order valence-corrected chi connectivity index (χ4v) is 2.16. The maximum absolute atomic E-state index is 11.8. The van der Waals surface area contributed by atoms with Crippen LogP contribution >= 0.6 is 0 Å². The van der Waals surface area contributed by atoms with Gasteiger partial charge >= 0.3 is 5.97 Å². The minimum Gasteiger partial charge on any atom is -0.508 e. The third-order valence-corrected chi connectivity index (χ3v) is 3.34. The second-order valence-electron chi connectivity index (χ2n) is 4.83. The van der Waals surface area contributed by atoms with Crippen molar-refractivity contribution in [3.8, 4) is 5.75 Å². The SMILES string of the molecule is CC1CCC(OC(=O)c2ccc(O)cc2)CC1. The molecule has 3 nitrogen and oxygen atoms in total. The summed E-state index contributed by atoms with van der Waals surface area (Å²) in [6.07, 6.45) is 4.25. The number of esters is 1. The van der Waals surface area contributed by atoms with E-state index in [-0.39, 0.29) is 17.8 Å². The number of carbonyl (C=O) groups is 1. The molecule has 0 aromatic heterocycles. The van der Waals surface area contributed by atoms with Gasteiger partial charge in [-0.25, -0.2) is 4.79 Å². The summed E-state index contributed by atoms with van der Waals surface area (Å²) in [5.41, 5.74) is 0.501. The van der Waals surface area contributed by atoms with E-state index < -0.39 is 0 Å². The molecule has 0 atom stereocenters. The van der Waals surface area contributed by atoms with E-state index in [4.69, 9.17) is 9.84 Å². The minimum absolute atomic E-state index is 0.0625. The zero-order chi connectivity index (χ0) is 12.3. The van der Waals surface area contributed by atoms with Crippen LogP contribution in [-0.4, -0.2) is 17.2 Å². The number of carbonyl (C=O) groups excluding carboxylic acids is 1. The van der Waals surface area contributed by atoms with Crippen molar-refractivity contribution in [2.75, 3.05) is 0 Å². The Labute approximate surface area is 101 Å². The lowest BCUT2D eigenvalue weighted by molar-refractivity contribution is 0.0174. The lowest BCUT2D eigenvalue weighted by Crippen LogP contribution is -2.23. The molecule has 1 aromatic rings. The lowest BCUT2D eigenvalue weighted by atomic mass is 9.89. The monoisotopic (exact) mass is 234 g/mol. The summed E-state index contributed by atoms with van der Waals surface area (Å²) >= 11 is 0. The lowest BCUT2D eigenvalue weighted by Gasteiger charge is -2.25. The minimum atomic E-state index is -0.287. The molecule has 0 aliphatic heterocycles. The maximum atomic E-state index is 11.8. The molecule has 1 fully saturated rings. The van der Waals surface area contributed by atoms with Crippen LogP contribution in [0.5, 0.6) is 5.75 Å². The van der Waals surface area contributed by atoms with Crippen LogP contribution in [0.2, 0.25) is 0 Å². The van der Waals surface area contributed by atoms with E-state index in [1.165, 1.54) is 12.1 Å². The van der Waals surface area contributed by atoms with Gasteiger partial charge in [0, 0.05) is 0 Å². The molecule has 0 radical (unpaired) electrons. The Morgan fingerprint density at radius 2 is 1.76 bits per heavy atom. The normalized spacial score (nSPS) is 24.3. The predicted molar refractivity (Wildman–Crippen MR) is 64.9 cm³/mol. The van der Waals surface area contributed by atoms with E-state index in [9.17, 15) is 4.79 Å². The number of rotatable bonds is 2. The Hall–Kier alpha value is -1.51. The first-order valence-corrected chi connectivity index (χ1v) is 6.15. The molecule has 1 aromatic carbocycles. The molecule has 0 heterocycles. The zero-order valence-electron chi connectivity index (χ0n) is 10.1. The van der Waals surface area contributed by atoms with Gasteiger partial charge in [-0.15, -0.1) is 0 Å². The smallest absolute Gasteiger partial charge is 0.338 e. The van der Waals surface area contributed by atoms with Crippen LogP contribution in [-0.2, 0) is 4.74 Å². The fraction of sp³-hybridized carbons (Fsp3) is 0.500. The first-order chi connectivity index (χ1) is 8.15. The van der Waals surface area contributed by atoms with E-state index in [1.807, 2.05) is 0 Å². The van der Waals surface area contributed by atoms with Crippen molar-refractivity contribution in [1.82, 2.24) is 0 Å². The maximum Gasteiger partial charge on any atom is 0.338 e. The van der Waals surface area contributed by atoms with Crippen molar-refractivity contribution in [3.63, 3.8) is 0 Å². The zero-order valence-corrected chi connectivity index (χ0v) is 10.1. The molecule has 17 heavy (non-hydrogen) atoms. The Kier molecular flexibility index (Phi) is 3.67. The Morgan fingerprint density at radius 3 is 2.35 bits per heavy atom. The van der Waals surface area contributed by atoms with E-state index in [0.29, 0.717) is 5.56 Å². The molecule has 0 bridgehead atoms. The number of phenols is 1. The highest BCUT2D eigenvalue weighted by atomic mass is 16.5. The largest absolute Gasteiger partial charge is 0.508 e. The summed E-state index contributed by atoms with van der Waals surface area (Å²) in [5, 5.41) is 9.14. The molecule has 92 valence electrons. The highest BCUT2D eigenvalue weighted by Gasteiger charge is 2.21. The topological polar surface area (TPSA) is 46.5 Å². The Morgan fingerprint density at radius 1 is 1.18 bits per heavy atom. The highest BCUT2D eigenvalue weighted by Crippen LogP contribution is 2.26. The first kappa shape index (κ1) is 12.0. The van der Waals surface area contributed by atoms with Gasteiger partial charge in [-0.1, -0.05) is 6.92 Å². The molecular weight excluding hydrogens is 216 g/mol. The van der Waals surface area contributed by atoms with Gasteiger partial charge in [0.1, 0.15) is 11.9 Å². The van der Waals surface area contributed by atoms with Crippen molar-refractivity contribution in [2.24, 2.45) is 5.92 Å². The molecule has 0 unspecified atom stereocenters. The molecule has 1 aliphatic carbocycles. The summed E-state index contributed by atoms with van der Waals surface area (Å²) in [6, 6.07) is 6.17. The van der Waals surface area contributed by atoms with Crippen LogP contribution in [0.4, 0.5) is 0 Å². The van der Waals surface area contributed by atoms with Crippen molar-refractivity contribution in [3.05, 3.63) is 29.8 Å². The molecule has 2 rings (SSSR count). The molecular formula is C14H18O3.